The summed E-state index contributed by atoms with van der Waals surface area (Å²) in [6.07, 6.45) is 0.804. The molecule has 0 amide bonds. The van der Waals surface area contributed by atoms with Crippen molar-refractivity contribution in [3.8, 4) is 0 Å². The molecule has 0 fully saturated rings. The van der Waals surface area contributed by atoms with Gasteiger partial charge in [0.25, 0.3) is 5.56 Å². The smallest absolute Gasteiger partial charge is 0.271 e. The summed E-state index contributed by atoms with van der Waals surface area (Å²) in [6, 6.07) is 0. The Morgan fingerprint density at radius 2 is 2.23 bits per heavy atom. The molecule has 0 aliphatic carbocycles. The molecule has 1 N–H and O–H groups in total. The average molecular weight is 248 g/mol. The largest absolute Gasteiger partial charge is 0.344 e. The lowest BCUT2D eigenvalue weighted by molar-refractivity contribution is 0.541. The van der Waals surface area contributed by atoms with E-state index in [0.29, 0.717) is 12.2 Å². The number of nitrogens with zero attached hydrogens (tertiary/aromatic N) is 2. The van der Waals surface area contributed by atoms with Crippen LogP contribution in [0.25, 0.3) is 0 Å². The number of hydrogen-bond donors (Lipinski definition) is 1. The number of rotatable bonds is 3. The van der Waals surface area contributed by atoms with Crippen molar-refractivity contribution >= 4 is 15.9 Å². The Bertz CT molecular complexity index is 395. The molecule has 1 heterocycles. The highest BCUT2D eigenvalue weighted by Gasteiger charge is 2.00. The molecule has 1 aromatic rings. The Balaban J connectivity index is 3.02. The zero-order valence-corrected chi connectivity index (χ0v) is 8.80. The van der Waals surface area contributed by atoms with Crippen molar-refractivity contribution < 1.29 is 0 Å². The van der Waals surface area contributed by atoms with E-state index < -0.39 is 11.2 Å². The predicted octanol–water partition coefficient (Wildman–Crippen LogP) is 0.0250. The van der Waals surface area contributed by atoms with E-state index in [0.717, 1.165) is 11.8 Å². The number of H-pyrrole nitrogens is 1. The van der Waals surface area contributed by atoms with Crippen LogP contribution in [-0.4, -0.2) is 20.1 Å². The Kier molecular flexibility index (Phi) is 3.41. The van der Waals surface area contributed by atoms with Gasteiger partial charge in [-0.15, -0.1) is 0 Å². The third-order valence-electron chi connectivity index (χ3n) is 1.56. The Hall–Kier alpha value is -0.910. The molecule has 0 unspecified atom stereocenters. The first kappa shape index (κ1) is 10.2. The van der Waals surface area contributed by atoms with E-state index in [1.165, 1.54) is 4.68 Å². The van der Waals surface area contributed by atoms with Gasteiger partial charge >= 0.3 is 5.69 Å². The molecule has 0 aliphatic heterocycles. The monoisotopic (exact) mass is 247 g/mol. The van der Waals surface area contributed by atoms with Crippen molar-refractivity contribution in [1.29, 1.82) is 0 Å². The fourth-order valence-corrected chi connectivity index (χ4v) is 1.14. The van der Waals surface area contributed by atoms with E-state index in [2.05, 4.69) is 26.0 Å². The Morgan fingerprint density at radius 1 is 1.54 bits per heavy atom. The fourth-order valence-electron chi connectivity index (χ4n) is 0.885. The van der Waals surface area contributed by atoms with Crippen molar-refractivity contribution in [3.05, 3.63) is 26.5 Å². The van der Waals surface area contributed by atoms with Crippen LogP contribution in [0.1, 0.15) is 12.1 Å². The molecule has 0 atom stereocenters. The number of nitrogens with one attached hydrogen (secondary N) is 1. The number of aryl methyl sites for hydroxylation is 2. The standard InChI is InChI=1S/C7H10BrN3O2/c1-5-6(12)9-7(13)11(10-5)4-2-3-8/h2-4H2,1H3,(H,9,12,13). The van der Waals surface area contributed by atoms with E-state index in [9.17, 15) is 9.59 Å². The van der Waals surface area contributed by atoms with Crippen LogP contribution in [0.4, 0.5) is 0 Å². The maximum Gasteiger partial charge on any atom is 0.344 e. The van der Waals surface area contributed by atoms with Crippen molar-refractivity contribution in [2.75, 3.05) is 5.33 Å². The lowest BCUT2D eigenvalue weighted by Gasteiger charge is -2.01. The summed E-state index contributed by atoms with van der Waals surface area (Å²) in [5.41, 5.74) is -0.550. The maximum atomic E-state index is 11.1. The number of aromatic nitrogens is 3. The van der Waals surface area contributed by atoms with Gasteiger partial charge in [0.15, 0.2) is 0 Å². The van der Waals surface area contributed by atoms with Crippen LogP contribution in [0.2, 0.25) is 0 Å². The van der Waals surface area contributed by atoms with Gasteiger partial charge in [-0.3, -0.25) is 9.78 Å². The molecule has 0 bridgehead atoms. The van der Waals surface area contributed by atoms with Gasteiger partial charge in [0.2, 0.25) is 0 Å². The number of aromatic amines is 1. The van der Waals surface area contributed by atoms with Crippen LogP contribution in [0.3, 0.4) is 0 Å². The first-order chi connectivity index (χ1) is 6.15. The van der Waals surface area contributed by atoms with Gasteiger partial charge in [-0.1, -0.05) is 15.9 Å². The SMILES string of the molecule is Cc1nn(CCCBr)c(=O)[nH]c1=O. The van der Waals surface area contributed by atoms with Crippen LogP contribution >= 0.6 is 15.9 Å². The molecule has 1 rings (SSSR count). The first-order valence-corrected chi connectivity index (χ1v) is 5.01. The summed E-state index contributed by atoms with van der Waals surface area (Å²) >= 11 is 3.25. The summed E-state index contributed by atoms with van der Waals surface area (Å²) in [5.74, 6) is 0. The molecule has 0 aliphatic rings. The van der Waals surface area contributed by atoms with Crippen LogP contribution in [0.15, 0.2) is 9.59 Å². The van der Waals surface area contributed by atoms with Crippen LogP contribution in [0, 0.1) is 6.92 Å². The summed E-state index contributed by atoms with van der Waals surface area (Å²) in [5, 5.41) is 4.65. The van der Waals surface area contributed by atoms with Gasteiger partial charge < -0.3 is 0 Å². The van der Waals surface area contributed by atoms with E-state index in [-0.39, 0.29) is 0 Å². The van der Waals surface area contributed by atoms with Gasteiger partial charge in [-0.05, 0) is 13.3 Å². The minimum absolute atomic E-state index is 0.314. The minimum Gasteiger partial charge on any atom is -0.271 e. The van der Waals surface area contributed by atoms with E-state index in [1.807, 2.05) is 0 Å². The molecule has 0 saturated carbocycles. The van der Waals surface area contributed by atoms with Gasteiger partial charge in [-0.2, -0.15) is 5.10 Å². The molecule has 0 aromatic carbocycles. The zero-order chi connectivity index (χ0) is 9.84. The van der Waals surface area contributed by atoms with E-state index in [1.54, 1.807) is 6.92 Å². The van der Waals surface area contributed by atoms with Crippen molar-refractivity contribution in [1.82, 2.24) is 14.8 Å². The number of halogens is 1. The molecule has 13 heavy (non-hydrogen) atoms. The second kappa shape index (κ2) is 4.36. The highest BCUT2D eigenvalue weighted by atomic mass is 79.9. The average Bonchev–Trinajstić information content (AvgIpc) is 2.09. The lowest BCUT2D eigenvalue weighted by atomic mass is 10.5. The predicted molar refractivity (Wildman–Crippen MR) is 52.3 cm³/mol. The summed E-state index contributed by atoms with van der Waals surface area (Å²) in [7, 11) is 0. The van der Waals surface area contributed by atoms with Gasteiger partial charge in [-0.25, -0.2) is 9.48 Å². The first-order valence-electron chi connectivity index (χ1n) is 3.89. The van der Waals surface area contributed by atoms with E-state index in [4.69, 9.17) is 0 Å². The molecule has 0 saturated heterocycles. The Labute approximate surface area is 82.9 Å². The van der Waals surface area contributed by atoms with Crippen molar-refractivity contribution in [2.45, 2.75) is 19.9 Å². The molecule has 6 heteroatoms. The topological polar surface area (TPSA) is 67.8 Å². The highest BCUT2D eigenvalue weighted by Crippen LogP contribution is 1.88. The van der Waals surface area contributed by atoms with Gasteiger partial charge in [0, 0.05) is 11.9 Å². The lowest BCUT2D eigenvalue weighted by Crippen LogP contribution is -2.34. The highest BCUT2D eigenvalue weighted by molar-refractivity contribution is 9.09. The second-order valence-corrected chi connectivity index (χ2v) is 3.40. The minimum atomic E-state index is -0.448. The molecule has 72 valence electrons. The summed E-state index contributed by atoms with van der Waals surface area (Å²) < 4.78 is 1.26. The second-order valence-electron chi connectivity index (χ2n) is 2.61. The van der Waals surface area contributed by atoms with Gasteiger partial charge in [0.1, 0.15) is 5.69 Å². The Morgan fingerprint density at radius 3 is 2.85 bits per heavy atom. The molecule has 1 aromatic heterocycles. The van der Waals surface area contributed by atoms with Crippen LogP contribution in [0.5, 0.6) is 0 Å². The van der Waals surface area contributed by atoms with E-state index >= 15 is 0 Å². The maximum absolute atomic E-state index is 11.1. The normalized spacial score (nSPS) is 10.3. The molecule has 0 spiro atoms. The van der Waals surface area contributed by atoms with Crippen molar-refractivity contribution in [2.24, 2.45) is 0 Å². The summed E-state index contributed by atoms with van der Waals surface area (Å²) in [6.45, 7) is 2.09. The van der Waals surface area contributed by atoms with Gasteiger partial charge in [0.05, 0.1) is 0 Å². The summed E-state index contributed by atoms with van der Waals surface area (Å²) in [4.78, 5) is 24.2. The molecule has 5 nitrogen and oxygen atoms in total. The zero-order valence-electron chi connectivity index (χ0n) is 7.21. The fraction of sp³-hybridized carbons (Fsp3) is 0.571. The molecular formula is C7H10BrN3O2. The van der Waals surface area contributed by atoms with Crippen molar-refractivity contribution in [3.63, 3.8) is 0 Å². The third-order valence-corrected chi connectivity index (χ3v) is 2.12. The number of hydrogen-bond acceptors (Lipinski definition) is 3. The van der Waals surface area contributed by atoms with Crippen LogP contribution < -0.4 is 11.2 Å². The van der Waals surface area contributed by atoms with Crippen LogP contribution in [-0.2, 0) is 6.54 Å². The number of alkyl halides is 1. The molecular weight excluding hydrogens is 238 g/mol. The third kappa shape index (κ3) is 2.51. The molecule has 0 radical (unpaired) electrons. The quantitative estimate of drug-likeness (QED) is 0.767.